The van der Waals surface area contributed by atoms with Crippen LogP contribution in [-0.2, 0) is 6.18 Å². The van der Waals surface area contributed by atoms with Crippen molar-refractivity contribution in [3.8, 4) is 0 Å². The fraction of sp³-hybridized carbons (Fsp3) is 0.704. The Hall–Kier alpha value is -1.32. The van der Waals surface area contributed by atoms with Crippen molar-refractivity contribution in [3.05, 3.63) is 47.3 Å². The van der Waals surface area contributed by atoms with Gasteiger partial charge in [0.1, 0.15) is 5.82 Å². The predicted octanol–water partition coefficient (Wildman–Crippen LogP) is 9.45. The highest BCUT2D eigenvalue weighted by atomic mass is 19.4. The molecular weight excluding hydrogens is 400 g/mol. The summed E-state index contributed by atoms with van der Waals surface area (Å²) in [4.78, 5) is 0. The van der Waals surface area contributed by atoms with Gasteiger partial charge in [0.2, 0.25) is 0 Å². The first-order valence-electron chi connectivity index (χ1n) is 12.4. The first-order valence-corrected chi connectivity index (χ1v) is 12.4. The first kappa shape index (κ1) is 24.3. The average molecular weight is 439 g/mol. The minimum absolute atomic E-state index is 0.187. The lowest BCUT2D eigenvalue weighted by Crippen LogP contribution is -2.15. The maximum atomic E-state index is 13.9. The van der Waals surface area contributed by atoms with Crippen LogP contribution in [-0.4, -0.2) is 0 Å². The quantitative estimate of drug-likeness (QED) is 0.280. The lowest BCUT2D eigenvalue weighted by Gasteiger charge is -2.29. The molecule has 2 saturated carbocycles. The van der Waals surface area contributed by atoms with E-state index in [2.05, 4.69) is 19.1 Å². The third-order valence-corrected chi connectivity index (χ3v) is 7.62. The minimum Gasteiger partial charge on any atom is -0.206 e. The summed E-state index contributed by atoms with van der Waals surface area (Å²) in [6.45, 7) is 2.27. The van der Waals surface area contributed by atoms with E-state index in [0.717, 1.165) is 61.6 Å². The van der Waals surface area contributed by atoms with E-state index >= 15 is 0 Å². The molecule has 0 heterocycles. The molecule has 2 aliphatic rings. The fourth-order valence-electron chi connectivity index (χ4n) is 5.58. The van der Waals surface area contributed by atoms with Gasteiger partial charge in [-0.15, -0.1) is 0 Å². The summed E-state index contributed by atoms with van der Waals surface area (Å²) in [5, 5.41) is 0. The highest BCUT2D eigenvalue weighted by Gasteiger charge is 2.34. The van der Waals surface area contributed by atoms with E-state index in [9.17, 15) is 17.6 Å². The zero-order valence-electron chi connectivity index (χ0n) is 18.9. The molecule has 0 spiro atoms. The van der Waals surface area contributed by atoms with E-state index in [1.165, 1.54) is 57.4 Å². The van der Waals surface area contributed by atoms with Gasteiger partial charge in [-0.25, -0.2) is 4.39 Å². The van der Waals surface area contributed by atoms with Crippen LogP contribution in [0.2, 0.25) is 0 Å². The number of hydrogen-bond acceptors (Lipinski definition) is 0. The number of alkyl halides is 3. The van der Waals surface area contributed by atoms with Crippen molar-refractivity contribution < 1.29 is 17.6 Å². The van der Waals surface area contributed by atoms with Gasteiger partial charge >= 0.3 is 6.18 Å². The summed E-state index contributed by atoms with van der Waals surface area (Å²) < 4.78 is 52.2. The molecule has 4 heteroatoms. The van der Waals surface area contributed by atoms with Gasteiger partial charge in [-0.1, -0.05) is 44.4 Å². The molecule has 0 unspecified atom stereocenters. The molecule has 0 amide bonds. The van der Waals surface area contributed by atoms with Gasteiger partial charge in [0.05, 0.1) is 5.56 Å². The lowest BCUT2D eigenvalue weighted by molar-refractivity contribution is -0.140. The largest absolute Gasteiger partial charge is 0.419 e. The molecule has 0 N–H and O–H groups in total. The zero-order chi connectivity index (χ0) is 22.3. The molecule has 0 bridgehead atoms. The molecule has 1 aromatic carbocycles. The maximum Gasteiger partial charge on any atom is 0.419 e. The van der Waals surface area contributed by atoms with E-state index < -0.39 is 17.6 Å². The minimum atomic E-state index is -4.62. The summed E-state index contributed by atoms with van der Waals surface area (Å²) >= 11 is 0. The highest BCUT2D eigenvalue weighted by Crippen LogP contribution is 2.40. The number of unbranched alkanes of at least 4 members (excludes halogenated alkanes) is 1. The summed E-state index contributed by atoms with van der Waals surface area (Å²) in [5.41, 5.74) is -0.440. The van der Waals surface area contributed by atoms with Crippen LogP contribution in [0.25, 0.3) is 0 Å². The van der Waals surface area contributed by atoms with Gasteiger partial charge in [0.25, 0.3) is 0 Å². The smallest absolute Gasteiger partial charge is 0.206 e. The molecule has 2 aliphatic carbocycles. The molecule has 0 aliphatic heterocycles. The van der Waals surface area contributed by atoms with Crippen molar-refractivity contribution in [2.75, 3.05) is 0 Å². The van der Waals surface area contributed by atoms with Crippen LogP contribution in [0.5, 0.6) is 0 Å². The molecule has 1 aromatic rings. The van der Waals surface area contributed by atoms with Gasteiger partial charge in [-0.05, 0) is 106 Å². The third kappa shape index (κ3) is 7.36. The van der Waals surface area contributed by atoms with Crippen LogP contribution >= 0.6 is 0 Å². The zero-order valence-corrected chi connectivity index (χ0v) is 18.9. The Bertz CT molecular complexity index is 690. The molecule has 174 valence electrons. The van der Waals surface area contributed by atoms with Crippen molar-refractivity contribution >= 4 is 0 Å². The van der Waals surface area contributed by atoms with Crippen molar-refractivity contribution in [2.24, 2.45) is 17.8 Å². The van der Waals surface area contributed by atoms with Gasteiger partial charge in [-0.3, -0.25) is 0 Å². The topological polar surface area (TPSA) is 0 Å². The normalized spacial score (nSPS) is 27.6. The van der Waals surface area contributed by atoms with Gasteiger partial charge < -0.3 is 0 Å². The van der Waals surface area contributed by atoms with Crippen molar-refractivity contribution in [1.82, 2.24) is 0 Å². The summed E-state index contributed by atoms with van der Waals surface area (Å²) in [7, 11) is 0. The molecule has 0 atom stereocenters. The second kappa shape index (κ2) is 11.5. The molecule has 0 nitrogen and oxygen atoms in total. The van der Waals surface area contributed by atoms with Crippen LogP contribution in [0.4, 0.5) is 17.6 Å². The monoisotopic (exact) mass is 438 g/mol. The predicted molar refractivity (Wildman–Crippen MR) is 119 cm³/mol. The van der Waals surface area contributed by atoms with Crippen LogP contribution in [0, 0.1) is 23.6 Å². The van der Waals surface area contributed by atoms with Crippen LogP contribution in [0.3, 0.4) is 0 Å². The molecule has 2 fully saturated rings. The second-order valence-corrected chi connectivity index (χ2v) is 9.88. The molecule has 31 heavy (non-hydrogen) atoms. The second-order valence-electron chi connectivity index (χ2n) is 9.88. The SMILES string of the molecule is CCCCC1CCC(/C=C/CCC2CCC(c3ccc(C(F)(F)F)c(F)c3)CC2)CC1. The number of halogens is 4. The van der Waals surface area contributed by atoms with E-state index in [4.69, 9.17) is 0 Å². The third-order valence-electron chi connectivity index (χ3n) is 7.62. The van der Waals surface area contributed by atoms with Crippen molar-refractivity contribution in [2.45, 2.75) is 102 Å². The van der Waals surface area contributed by atoms with Gasteiger partial charge in [-0.2, -0.15) is 13.2 Å². The van der Waals surface area contributed by atoms with Crippen molar-refractivity contribution in [3.63, 3.8) is 0 Å². The maximum absolute atomic E-state index is 13.9. The van der Waals surface area contributed by atoms with E-state index in [0.29, 0.717) is 5.92 Å². The molecule has 3 rings (SSSR count). The van der Waals surface area contributed by atoms with Gasteiger partial charge in [0.15, 0.2) is 0 Å². The first-order chi connectivity index (χ1) is 14.9. The fourth-order valence-corrected chi connectivity index (χ4v) is 5.58. The summed E-state index contributed by atoms with van der Waals surface area (Å²) in [6, 6.07) is 3.48. The summed E-state index contributed by atoms with van der Waals surface area (Å²) in [6.07, 6.45) is 16.2. The Balaban J connectivity index is 1.35. The van der Waals surface area contributed by atoms with E-state index in [-0.39, 0.29) is 5.92 Å². The van der Waals surface area contributed by atoms with Crippen molar-refractivity contribution in [1.29, 1.82) is 0 Å². The lowest BCUT2D eigenvalue weighted by atomic mass is 9.77. The Kier molecular flexibility index (Phi) is 9.04. The molecule has 0 saturated heterocycles. The Morgan fingerprint density at radius 1 is 0.903 bits per heavy atom. The summed E-state index contributed by atoms with van der Waals surface area (Å²) in [5.74, 6) is 1.45. The number of allylic oxidation sites excluding steroid dienone is 2. The number of rotatable bonds is 8. The average Bonchev–Trinajstić information content (AvgIpc) is 2.75. The number of hydrogen-bond donors (Lipinski definition) is 0. The van der Waals surface area contributed by atoms with Crippen LogP contribution < -0.4 is 0 Å². The van der Waals surface area contributed by atoms with Gasteiger partial charge in [0, 0.05) is 0 Å². The van der Waals surface area contributed by atoms with Crippen LogP contribution in [0.1, 0.15) is 107 Å². The Morgan fingerprint density at radius 3 is 2.16 bits per heavy atom. The molecule has 0 aromatic heterocycles. The standard InChI is InChI=1S/C27H38F4/c1-2-3-6-20-9-11-21(12-10-20)7-4-5-8-22-13-15-23(16-14-22)24-17-18-25(26(28)19-24)27(29,30)31/h4,7,17-23H,2-3,5-6,8-16H2,1H3/b7-4+. The van der Waals surface area contributed by atoms with E-state index in [1.807, 2.05) is 0 Å². The molecular formula is C27H38F4. The van der Waals surface area contributed by atoms with E-state index in [1.54, 1.807) is 0 Å². The Morgan fingerprint density at radius 2 is 1.55 bits per heavy atom. The van der Waals surface area contributed by atoms with Crippen LogP contribution in [0.15, 0.2) is 30.4 Å². The molecule has 0 radical (unpaired) electrons. The highest BCUT2D eigenvalue weighted by molar-refractivity contribution is 5.29. The number of benzene rings is 1. The Labute approximate surface area is 185 Å².